The molecule has 2 N–H and O–H groups in total. The summed E-state index contributed by atoms with van der Waals surface area (Å²) in [5.41, 5.74) is 8.84. The van der Waals surface area contributed by atoms with Gasteiger partial charge in [-0.1, -0.05) is 38.1 Å². The van der Waals surface area contributed by atoms with E-state index in [2.05, 4.69) is 36.2 Å². The highest BCUT2D eigenvalue weighted by Crippen LogP contribution is 2.26. The van der Waals surface area contributed by atoms with Crippen LogP contribution in [0, 0.1) is 0 Å². The van der Waals surface area contributed by atoms with Gasteiger partial charge in [0.25, 0.3) is 6.01 Å². The number of nitrogens with two attached hydrogens (primary N) is 1. The summed E-state index contributed by atoms with van der Waals surface area (Å²) < 4.78 is 5.43. The van der Waals surface area contributed by atoms with Gasteiger partial charge in [0.2, 0.25) is 0 Å². The van der Waals surface area contributed by atoms with Crippen molar-refractivity contribution in [2.75, 3.05) is 5.73 Å². The lowest BCUT2D eigenvalue weighted by molar-refractivity contribution is 0.593. The van der Waals surface area contributed by atoms with Gasteiger partial charge in [0.05, 0.1) is 5.69 Å². The number of aromatic nitrogens is 1. The van der Waals surface area contributed by atoms with E-state index in [0.717, 1.165) is 29.9 Å². The van der Waals surface area contributed by atoms with E-state index in [4.69, 9.17) is 10.2 Å². The number of rotatable bonds is 3. The van der Waals surface area contributed by atoms with E-state index in [1.165, 1.54) is 5.56 Å². The number of aryl methyl sites for hydroxylation is 2. The molecule has 1 aromatic carbocycles. The first kappa shape index (κ1) is 10.7. The lowest BCUT2D eigenvalue weighted by atomic mass is 10.1. The molecule has 0 unspecified atom stereocenters. The zero-order chi connectivity index (χ0) is 11.5. The fraction of sp³-hybridized carbons (Fsp3) is 0.308. The number of benzene rings is 1. The summed E-state index contributed by atoms with van der Waals surface area (Å²) in [6, 6.07) is 8.56. The van der Waals surface area contributed by atoms with Crippen molar-refractivity contribution >= 4 is 6.01 Å². The quantitative estimate of drug-likeness (QED) is 0.857. The van der Waals surface area contributed by atoms with Crippen molar-refractivity contribution in [2.24, 2.45) is 0 Å². The van der Waals surface area contributed by atoms with Crippen molar-refractivity contribution in [3.63, 3.8) is 0 Å². The summed E-state index contributed by atoms with van der Waals surface area (Å²) >= 11 is 0. The van der Waals surface area contributed by atoms with Gasteiger partial charge in [0.1, 0.15) is 0 Å². The fourth-order valence-corrected chi connectivity index (χ4v) is 1.73. The van der Waals surface area contributed by atoms with Crippen LogP contribution in [0.4, 0.5) is 6.01 Å². The number of anilines is 1. The Labute approximate surface area is 95.3 Å². The zero-order valence-electron chi connectivity index (χ0n) is 9.66. The van der Waals surface area contributed by atoms with Crippen LogP contribution >= 0.6 is 0 Å². The van der Waals surface area contributed by atoms with Crippen LogP contribution in [0.15, 0.2) is 28.7 Å². The molecule has 0 saturated carbocycles. The molecule has 1 heterocycles. The van der Waals surface area contributed by atoms with Gasteiger partial charge < -0.3 is 10.2 Å². The third-order valence-corrected chi connectivity index (χ3v) is 2.67. The maximum atomic E-state index is 5.57. The van der Waals surface area contributed by atoms with Gasteiger partial charge in [-0.15, -0.1) is 0 Å². The Morgan fingerprint density at radius 3 is 2.38 bits per heavy atom. The van der Waals surface area contributed by atoms with Crippen molar-refractivity contribution in [1.29, 1.82) is 0 Å². The molecule has 0 bridgehead atoms. The van der Waals surface area contributed by atoms with E-state index in [1.807, 2.05) is 6.92 Å². The van der Waals surface area contributed by atoms with E-state index in [-0.39, 0.29) is 6.01 Å². The molecule has 1 aromatic heterocycles. The number of oxazole rings is 1. The van der Waals surface area contributed by atoms with E-state index in [9.17, 15) is 0 Å². The number of nitrogen functional groups attached to an aromatic ring is 1. The molecular weight excluding hydrogens is 200 g/mol. The smallest absolute Gasteiger partial charge is 0.292 e. The molecular formula is C13H16N2O. The summed E-state index contributed by atoms with van der Waals surface area (Å²) in [6.07, 6.45) is 1.87. The van der Waals surface area contributed by atoms with Gasteiger partial charge in [-0.05, 0) is 18.4 Å². The Balaban J connectivity index is 2.41. The lowest BCUT2D eigenvalue weighted by Crippen LogP contribution is -1.86. The number of hydrogen-bond acceptors (Lipinski definition) is 3. The summed E-state index contributed by atoms with van der Waals surface area (Å²) in [4.78, 5) is 4.16. The Kier molecular flexibility index (Phi) is 2.95. The zero-order valence-corrected chi connectivity index (χ0v) is 9.66. The molecule has 0 radical (unpaired) electrons. The van der Waals surface area contributed by atoms with E-state index in [0.29, 0.717) is 0 Å². The maximum Gasteiger partial charge on any atom is 0.292 e. The Hall–Kier alpha value is -1.77. The van der Waals surface area contributed by atoms with Crippen LogP contribution in [-0.4, -0.2) is 4.98 Å². The normalized spacial score (nSPS) is 10.6. The lowest BCUT2D eigenvalue weighted by Gasteiger charge is -2.00. The predicted molar refractivity (Wildman–Crippen MR) is 65.1 cm³/mol. The maximum absolute atomic E-state index is 5.57. The highest BCUT2D eigenvalue weighted by atomic mass is 16.4. The second-order valence-corrected chi connectivity index (χ2v) is 3.73. The first-order valence-electron chi connectivity index (χ1n) is 5.59. The van der Waals surface area contributed by atoms with Crippen LogP contribution in [-0.2, 0) is 12.8 Å². The van der Waals surface area contributed by atoms with Crippen molar-refractivity contribution in [3.8, 4) is 11.3 Å². The van der Waals surface area contributed by atoms with Crippen LogP contribution < -0.4 is 5.73 Å². The third kappa shape index (κ3) is 1.94. The highest BCUT2D eigenvalue weighted by Gasteiger charge is 2.11. The average molecular weight is 216 g/mol. The molecule has 0 atom stereocenters. The monoisotopic (exact) mass is 216 g/mol. The van der Waals surface area contributed by atoms with Crippen LogP contribution in [0.2, 0.25) is 0 Å². The molecule has 0 saturated heterocycles. The van der Waals surface area contributed by atoms with Crippen LogP contribution in [0.5, 0.6) is 0 Å². The van der Waals surface area contributed by atoms with Crippen LogP contribution in [0.3, 0.4) is 0 Å². The van der Waals surface area contributed by atoms with E-state index in [1.54, 1.807) is 0 Å². The molecule has 0 fully saturated rings. The largest absolute Gasteiger partial charge is 0.423 e. The Morgan fingerprint density at radius 1 is 1.12 bits per heavy atom. The number of nitrogens with zero attached hydrogens (tertiary/aromatic N) is 1. The molecule has 0 aliphatic carbocycles. The second-order valence-electron chi connectivity index (χ2n) is 3.73. The van der Waals surface area contributed by atoms with Gasteiger partial charge in [0, 0.05) is 5.56 Å². The number of hydrogen-bond donors (Lipinski definition) is 1. The van der Waals surface area contributed by atoms with E-state index >= 15 is 0 Å². The second kappa shape index (κ2) is 4.39. The average Bonchev–Trinajstić information content (AvgIpc) is 2.70. The Morgan fingerprint density at radius 2 is 1.81 bits per heavy atom. The van der Waals surface area contributed by atoms with Gasteiger partial charge in [0.15, 0.2) is 5.76 Å². The van der Waals surface area contributed by atoms with Crippen molar-refractivity contribution in [1.82, 2.24) is 4.98 Å². The molecule has 0 aliphatic heterocycles. The van der Waals surface area contributed by atoms with Gasteiger partial charge in [-0.25, -0.2) is 0 Å². The van der Waals surface area contributed by atoms with Crippen LogP contribution in [0.25, 0.3) is 11.3 Å². The standard InChI is InChI=1S/C13H16N2O/c1-3-9-5-7-10(8-6-9)12-11(4-2)15-13(14)16-12/h5-8H,3-4H2,1-2H3,(H2,14,15). The molecule has 3 heteroatoms. The molecule has 2 aromatic rings. The Bertz CT molecular complexity index is 471. The first-order chi connectivity index (χ1) is 7.74. The minimum atomic E-state index is 0.242. The van der Waals surface area contributed by atoms with Crippen molar-refractivity contribution in [3.05, 3.63) is 35.5 Å². The SMILES string of the molecule is CCc1ccc(-c2oc(N)nc2CC)cc1. The topological polar surface area (TPSA) is 52.0 Å². The summed E-state index contributed by atoms with van der Waals surface area (Å²) in [5, 5.41) is 0. The summed E-state index contributed by atoms with van der Waals surface area (Å²) in [6.45, 7) is 4.18. The molecule has 3 nitrogen and oxygen atoms in total. The first-order valence-corrected chi connectivity index (χ1v) is 5.59. The highest BCUT2D eigenvalue weighted by molar-refractivity contribution is 5.61. The van der Waals surface area contributed by atoms with Crippen molar-refractivity contribution < 1.29 is 4.42 Å². The molecule has 16 heavy (non-hydrogen) atoms. The van der Waals surface area contributed by atoms with Gasteiger partial charge >= 0.3 is 0 Å². The van der Waals surface area contributed by atoms with Crippen molar-refractivity contribution in [2.45, 2.75) is 26.7 Å². The molecule has 2 rings (SSSR count). The summed E-state index contributed by atoms with van der Waals surface area (Å²) in [5.74, 6) is 0.794. The molecule has 0 spiro atoms. The van der Waals surface area contributed by atoms with Crippen LogP contribution in [0.1, 0.15) is 25.1 Å². The minimum absolute atomic E-state index is 0.242. The fourth-order valence-electron chi connectivity index (χ4n) is 1.73. The van der Waals surface area contributed by atoms with Gasteiger partial charge in [-0.2, -0.15) is 4.98 Å². The minimum Gasteiger partial charge on any atom is -0.423 e. The summed E-state index contributed by atoms with van der Waals surface area (Å²) in [7, 11) is 0. The molecule has 0 aliphatic rings. The van der Waals surface area contributed by atoms with Gasteiger partial charge in [-0.3, -0.25) is 0 Å². The van der Waals surface area contributed by atoms with E-state index < -0.39 is 0 Å². The molecule has 0 amide bonds. The molecule has 84 valence electrons. The third-order valence-electron chi connectivity index (χ3n) is 2.67. The predicted octanol–water partition coefficient (Wildman–Crippen LogP) is 3.05.